The maximum absolute atomic E-state index is 12.5. The fraction of sp³-hybridized carbons (Fsp3) is 0.368. The summed E-state index contributed by atoms with van der Waals surface area (Å²) in [6, 6.07) is 9.67. The van der Waals surface area contributed by atoms with Crippen molar-refractivity contribution in [3.63, 3.8) is 0 Å². The quantitative estimate of drug-likeness (QED) is 0.733. The Labute approximate surface area is 155 Å². The van der Waals surface area contributed by atoms with Crippen LogP contribution in [0.2, 0.25) is 5.02 Å². The van der Waals surface area contributed by atoms with Gasteiger partial charge in [-0.1, -0.05) is 30.7 Å². The lowest BCUT2D eigenvalue weighted by molar-refractivity contribution is 0.173. The van der Waals surface area contributed by atoms with Gasteiger partial charge < -0.3 is 4.98 Å². The first-order valence-electron chi connectivity index (χ1n) is 8.59. The van der Waals surface area contributed by atoms with Gasteiger partial charge in [0.1, 0.15) is 10.5 Å². The van der Waals surface area contributed by atoms with E-state index in [0.29, 0.717) is 22.2 Å². The van der Waals surface area contributed by atoms with Crippen molar-refractivity contribution >= 4 is 33.2 Å². The molecule has 0 unspecified atom stereocenters. The average Bonchev–Trinajstić information content (AvgIpc) is 3.00. The lowest BCUT2D eigenvalue weighted by atomic mass is 10.0. The largest absolute Gasteiger partial charge is 0.308 e. The molecule has 1 fully saturated rings. The van der Waals surface area contributed by atoms with E-state index < -0.39 is 0 Å². The summed E-state index contributed by atoms with van der Waals surface area (Å²) in [6.45, 7) is 5.14. The van der Waals surface area contributed by atoms with Crippen molar-refractivity contribution in [2.75, 3.05) is 13.1 Å². The highest BCUT2D eigenvalue weighted by Gasteiger charge is 2.18. The van der Waals surface area contributed by atoms with Crippen LogP contribution in [0.25, 0.3) is 20.7 Å². The van der Waals surface area contributed by atoms with Crippen molar-refractivity contribution in [1.29, 1.82) is 0 Å². The normalized spacial score (nSPS) is 18.7. The van der Waals surface area contributed by atoms with Crippen LogP contribution >= 0.6 is 22.9 Å². The topological polar surface area (TPSA) is 49.0 Å². The zero-order valence-electron chi connectivity index (χ0n) is 14.1. The monoisotopic (exact) mass is 373 g/mol. The molecule has 1 aliphatic rings. The van der Waals surface area contributed by atoms with Gasteiger partial charge >= 0.3 is 0 Å². The minimum absolute atomic E-state index is 0.0460. The summed E-state index contributed by atoms with van der Waals surface area (Å²) >= 11 is 7.43. The summed E-state index contributed by atoms with van der Waals surface area (Å²) in [7, 11) is 0. The van der Waals surface area contributed by atoms with E-state index >= 15 is 0 Å². The Balaban J connectivity index is 1.65. The smallest absolute Gasteiger partial charge is 0.268 e. The molecule has 0 saturated carbocycles. The molecule has 4 nitrogen and oxygen atoms in total. The molecule has 3 aromatic rings. The highest BCUT2D eigenvalue weighted by atomic mass is 35.5. The van der Waals surface area contributed by atoms with Crippen molar-refractivity contribution < 1.29 is 0 Å². The molecule has 0 amide bonds. The van der Waals surface area contributed by atoms with Gasteiger partial charge in [0.25, 0.3) is 5.56 Å². The number of nitrogens with zero attached hydrogens (tertiary/aromatic N) is 2. The maximum Gasteiger partial charge on any atom is 0.268 e. The Bertz CT molecular complexity index is 947. The number of thiophene rings is 1. The summed E-state index contributed by atoms with van der Waals surface area (Å²) in [5.41, 5.74) is 1.78. The third-order valence-corrected chi connectivity index (χ3v) is 6.10. The highest BCUT2D eigenvalue weighted by Crippen LogP contribution is 2.31. The molecule has 1 atom stereocenters. The molecule has 1 N–H and O–H groups in total. The van der Waals surface area contributed by atoms with Crippen molar-refractivity contribution in [2.45, 2.75) is 26.3 Å². The molecule has 2 aromatic heterocycles. The van der Waals surface area contributed by atoms with E-state index in [2.05, 4.69) is 16.8 Å². The predicted octanol–water partition coefficient (Wildman–Crippen LogP) is 4.54. The molecule has 130 valence electrons. The van der Waals surface area contributed by atoms with Crippen LogP contribution < -0.4 is 5.56 Å². The van der Waals surface area contributed by atoms with E-state index in [1.54, 1.807) is 0 Å². The van der Waals surface area contributed by atoms with Crippen LogP contribution in [0.4, 0.5) is 0 Å². The number of aromatic amines is 1. The Morgan fingerprint density at radius 1 is 1.36 bits per heavy atom. The van der Waals surface area contributed by atoms with Gasteiger partial charge in [-0.05, 0) is 49.1 Å². The number of likely N-dealkylation sites (tertiary alicyclic amines) is 1. The Morgan fingerprint density at radius 2 is 2.16 bits per heavy atom. The Kier molecular flexibility index (Phi) is 4.63. The number of rotatable bonds is 3. The molecule has 3 heterocycles. The van der Waals surface area contributed by atoms with Gasteiger partial charge in [0.15, 0.2) is 0 Å². The number of halogens is 1. The molecule has 1 aliphatic heterocycles. The molecule has 0 radical (unpaired) electrons. The first-order chi connectivity index (χ1) is 12.1. The van der Waals surface area contributed by atoms with Gasteiger partial charge in [0.2, 0.25) is 0 Å². The third kappa shape index (κ3) is 3.64. The van der Waals surface area contributed by atoms with Crippen LogP contribution in [-0.4, -0.2) is 28.0 Å². The van der Waals surface area contributed by atoms with Crippen molar-refractivity contribution in [3.8, 4) is 10.4 Å². The second-order valence-electron chi connectivity index (χ2n) is 6.83. The molecule has 0 bridgehead atoms. The molecule has 25 heavy (non-hydrogen) atoms. The Morgan fingerprint density at radius 3 is 2.92 bits per heavy atom. The second-order valence-corrected chi connectivity index (χ2v) is 8.32. The van der Waals surface area contributed by atoms with E-state index in [-0.39, 0.29) is 5.56 Å². The van der Waals surface area contributed by atoms with Crippen molar-refractivity contribution in [3.05, 3.63) is 51.5 Å². The van der Waals surface area contributed by atoms with E-state index in [1.165, 1.54) is 24.2 Å². The number of fused-ring (bicyclic) bond motifs is 1. The number of benzene rings is 1. The minimum atomic E-state index is -0.0460. The van der Waals surface area contributed by atoms with Crippen LogP contribution in [0.3, 0.4) is 0 Å². The lowest BCUT2D eigenvalue weighted by Crippen LogP contribution is -2.34. The number of hydrogen-bond acceptors (Lipinski definition) is 4. The van der Waals surface area contributed by atoms with Crippen LogP contribution in [0.1, 0.15) is 25.6 Å². The lowest BCUT2D eigenvalue weighted by Gasteiger charge is -2.30. The number of hydrogen-bond donors (Lipinski definition) is 1. The first-order valence-corrected chi connectivity index (χ1v) is 9.79. The zero-order chi connectivity index (χ0) is 17.4. The van der Waals surface area contributed by atoms with Gasteiger partial charge in [-0.15, -0.1) is 11.3 Å². The van der Waals surface area contributed by atoms with Crippen LogP contribution in [-0.2, 0) is 6.54 Å². The average molecular weight is 374 g/mol. The summed E-state index contributed by atoms with van der Waals surface area (Å²) in [6.07, 6.45) is 2.50. The number of aromatic nitrogens is 2. The van der Waals surface area contributed by atoms with Gasteiger partial charge in [0, 0.05) is 16.4 Å². The first kappa shape index (κ1) is 16.8. The summed E-state index contributed by atoms with van der Waals surface area (Å²) < 4.78 is 0.681. The summed E-state index contributed by atoms with van der Waals surface area (Å²) in [5, 5.41) is 0.707. The number of H-pyrrole nitrogens is 1. The highest BCUT2D eigenvalue weighted by molar-refractivity contribution is 7.22. The fourth-order valence-corrected chi connectivity index (χ4v) is 4.58. The molecule has 0 spiro atoms. The molecule has 0 aliphatic carbocycles. The van der Waals surface area contributed by atoms with Gasteiger partial charge in [-0.2, -0.15) is 0 Å². The van der Waals surface area contributed by atoms with E-state index in [4.69, 9.17) is 16.6 Å². The molecule has 4 rings (SSSR count). The molecule has 1 aromatic carbocycles. The molecular formula is C19H20ClN3OS. The minimum Gasteiger partial charge on any atom is -0.308 e. The second kappa shape index (κ2) is 6.90. The Hall–Kier alpha value is -1.69. The standard InChI is InChI=1S/C19H20ClN3OS/c1-12-3-2-8-23(10-12)11-17-21-15-9-16(25-18(15)19(24)22-17)13-4-6-14(20)7-5-13/h4-7,9,12H,2-3,8,10-11H2,1H3,(H,21,22,24)/t12-/m0/s1. The molecular weight excluding hydrogens is 354 g/mol. The third-order valence-electron chi connectivity index (χ3n) is 4.68. The van der Waals surface area contributed by atoms with E-state index in [1.807, 2.05) is 30.3 Å². The van der Waals surface area contributed by atoms with Crippen molar-refractivity contribution in [2.24, 2.45) is 5.92 Å². The van der Waals surface area contributed by atoms with E-state index in [9.17, 15) is 4.79 Å². The molecule has 6 heteroatoms. The zero-order valence-corrected chi connectivity index (χ0v) is 15.7. The van der Waals surface area contributed by atoms with Crippen LogP contribution in [0.15, 0.2) is 35.1 Å². The predicted molar refractivity (Wildman–Crippen MR) is 104 cm³/mol. The molecule has 1 saturated heterocycles. The van der Waals surface area contributed by atoms with Gasteiger partial charge in [-0.3, -0.25) is 9.69 Å². The van der Waals surface area contributed by atoms with Gasteiger partial charge in [-0.25, -0.2) is 4.98 Å². The number of piperidine rings is 1. The number of nitrogens with one attached hydrogen (secondary N) is 1. The van der Waals surface area contributed by atoms with E-state index in [0.717, 1.165) is 34.9 Å². The summed E-state index contributed by atoms with van der Waals surface area (Å²) in [5.74, 6) is 1.47. The maximum atomic E-state index is 12.5. The van der Waals surface area contributed by atoms with Gasteiger partial charge in [0.05, 0.1) is 12.1 Å². The van der Waals surface area contributed by atoms with Crippen molar-refractivity contribution in [1.82, 2.24) is 14.9 Å². The van der Waals surface area contributed by atoms with Crippen LogP contribution in [0, 0.1) is 5.92 Å². The SMILES string of the molecule is C[C@H]1CCCN(Cc2nc3cc(-c4ccc(Cl)cc4)sc3c(=O)[nH]2)C1. The van der Waals surface area contributed by atoms with Crippen LogP contribution in [0.5, 0.6) is 0 Å². The fourth-order valence-electron chi connectivity index (χ4n) is 3.46. The summed E-state index contributed by atoms with van der Waals surface area (Å²) in [4.78, 5) is 23.6.